The zero-order valence-corrected chi connectivity index (χ0v) is 15.2. The van der Waals surface area contributed by atoms with E-state index in [2.05, 4.69) is 0 Å². The zero-order chi connectivity index (χ0) is 18.7. The summed E-state index contributed by atoms with van der Waals surface area (Å²) < 4.78 is 11.0. The van der Waals surface area contributed by atoms with E-state index in [4.69, 9.17) is 14.6 Å². The van der Waals surface area contributed by atoms with Crippen molar-refractivity contribution in [3.63, 3.8) is 0 Å². The van der Waals surface area contributed by atoms with Gasteiger partial charge in [-0.2, -0.15) is 0 Å². The van der Waals surface area contributed by atoms with Gasteiger partial charge in [0.05, 0.1) is 24.7 Å². The Morgan fingerprint density at radius 1 is 1.08 bits per heavy atom. The minimum Gasteiger partial charge on any atom is -0.481 e. The van der Waals surface area contributed by atoms with Crippen LogP contribution in [0.3, 0.4) is 0 Å². The van der Waals surface area contributed by atoms with Crippen molar-refractivity contribution in [3.05, 3.63) is 0 Å². The summed E-state index contributed by atoms with van der Waals surface area (Å²) in [6, 6.07) is 0. The molecule has 0 saturated carbocycles. The van der Waals surface area contributed by atoms with Gasteiger partial charge in [-0.25, -0.2) is 0 Å². The molecule has 0 aromatic heterocycles. The van der Waals surface area contributed by atoms with Crippen LogP contribution in [0.15, 0.2) is 0 Å². The van der Waals surface area contributed by atoms with Crippen LogP contribution in [0.4, 0.5) is 0 Å². The standard InChI is InChI=1S/C18H34O7/c1-13-15(20)12-16(21)18(25-13)24-10-8-6-4-2-3-5-7-9-14(19)11-17(22)23/h13-16,18-21H,2-12H2,1H3,(H,22,23). The Kier molecular flexibility index (Phi) is 11.2. The van der Waals surface area contributed by atoms with Crippen molar-refractivity contribution in [1.29, 1.82) is 0 Å². The number of ether oxygens (including phenoxy) is 2. The van der Waals surface area contributed by atoms with Crippen molar-refractivity contribution in [2.45, 2.75) is 102 Å². The molecule has 0 aliphatic carbocycles. The van der Waals surface area contributed by atoms with Crippen molar-refractivity contribution in [2.75, 3.05) is 6.61 Å². The molecule has 1 aliphatic heterocycles. The third-order valence-corrected chi connectivity index (χ3v) is 4.56. The number of aliphatic carboxylic acids is 1. The molecule has 5 atom stereocenters. The summed E-state index contributed by atoms with van der Waals surface area (Å²) in [5.41, 5.74) is 0. The molecule has 25 heavy (non-hydrogen) atoms. The Balaban J connectivity index is 1.90. The average molecular weight is 362 g/mol. The predicted octanol–water partition coefficient (Wildman–Crippen LogP) is 1.82. The summed E-state index contributed by atoms with van der Waals surface area (Å²) in [5.74, 6) is -0.952. The Morgan fingerprint density at radius 3 is 2.32 bits per heavy atom. The van der Waals surface area contributed by atoms with Gasteiger partial charge in [-0.1, -0.05) is 38.5 Å². The second-order valence-electron chi connectivity index (χ2n) is 6.97. The van der Waals surface area contributed by atoms with E-state index in [9.17, 15) is 20.1 Å². The maximum absolute atomic E-state index is 10.4. The lowest BCUT2D eigenvalue weighted by molar-refractivity contribution is -0.261. The first kappa shape index (κ1) is 22.3. The van der Waals surface area contributed by atoms with Crippen molar-refractivity contribution in [3.8, 4) is 0 Å². The summed E-state index contributed by atoms with van der Waals surface area (Å²) >= 11 is 0. The topological polar surface area (TPSA) is 116 Å². The normalized spacial score (nSPS) is 28.0. The molecule has 1 fully saturated rings. The smallest absolute Gasteiger partial charge is 0.305 e. The van der Waals surface area contributed by atoms with E-state index < -0.39 is 30.6 Å². The van der Waals surface area contributed by atoms with Crippen molar-refractivity contribution < 1.29 is 34.7 Å². The van der Waals surface area contributed by atoms with E-state index in [0.29, 0.717) is 13.0 Å². The minimum atomic E-state index is -0.952. The Labute approximate surface area is 150 Å². The molecule has 7 nitrogen and oxygen atoms in total. The van der Waals surface area contributed by atoms with E-state index in [0.717, 1.165) is 44.9 Å². The van der Waals surface area contributed by atoms with Gasteiger partial charge in [-0.15, -0.1) is 0 Å². The fraction of sp³-hybridized carbons (Fsp3) is 0.944. The maximum Gasteiger partial charge on any atom is 0.305 e. The molecule has 0 spiro atoms. The Bertz CT molecular complexity index is 363. The van der Waals surface area contributed by atoms with Gasteiger partial charge in [0.1, 0.15) is 6.10 Å². The highest BCUT2D eigenvalue weighted by Gasteiger charge is 2.34. The molecule has 1 saturated heterocycles. The SMILES string of the molecule is CC1OC(OCCCCCCCCCC(O)CC(=O)O)C(O)CC1O. The number of hydrogen-bond acceptors (Lipinski definition) is 6. The molecular formula is C18H34O7. The number of aliphatic hydroxyl groups is 3. The summed E-state index contributed by atoms with van der Waals surface area (Å²) in [6.45, 7) is 2.31. The second-order valence-corrected chi connectivity index (χ2v) is 6.97. The van der Waals surface area contributed by atoms with Gasteiger partial charge in [-0.3, -0.25) is 4.79 Å². The van der Waals surface area contributed by atoms with Gasteiger partial charge in [0, 0.05) is 13.0 Å². The van der Waals surface area contributed by atoms with Crippen LogP contribution in [0.5, 0.6) is 0 Å². The summed E-state index contributed by atoms with van der Waals surface area (Å²) in [4.78, 5) is 10.4. The highest BCUT2D eigenvalue weighted by Crippen LogP contribution is 2.21. The van der Waals surface area contributed by atoms with E-state index in [1.54, 1.807) is 6.92 Å². The van der Waals surface area contributed by atoms with Crippen LogP contribution in [0.25, 0.3) is 0 Å². The van der Waals surface area contributed by atoms with Crippen molar-refractivity contribution in [1.82, 2.24) is 0 Å². The number of carboxylic acid groups (broad SMARTS) is 1. The molecule has 7 heteroatoms. The number of unbranched alkanes of at least 4 members (excludes halogenated alkanes) is 6. The van der Waals surface area contributed by atoms with Crippen molar-refractivity contribution in [2.24, 2.45) is 0 Å². The van der Waals surface area contributed by atoms with Gasteiger partial charge in [-0.05, 0) is 19.8 Å². The lowest BCUT2D eigenvalue weighted by atomic mass is 10.0. The molecule has 0 radical (unpaired) electrons. The summed E-state index contributed by atoms with van der Waals surface area (Å²) in [5, 5.41) is 37.4. The third kappa shape index (κ3) is 10.1. The number of carbonyl (C=O) groups is 1. The van der Waals surface area contributed by atoms with Crippen LogP contribution in [-0.2, 0) is 14.3 Å². The van der Waals surface area contributed by atoms with Crippen LogP contribution < -0.4 is 0 Å². The quantitative estimate of drug-likeness (QED) is 0.369. The molecule has 5 unspecified atom stereocenters. The molecule has 4 N–H and O–H groups in total. The first-order valence-electron chi connectivity index (χ1n) is 9.43. The van der Waals surface area contributed by atoms with E-state index in [1.165, 1.54) is 0 Å². The van der Waals surface area contributed by atoms with Crippen LogP contribution >= 0.6 is 0 Å². The molecule has 1 heterocycles. The monoisotopic (exact) mass is 362 g/mol. The summed E-state index contributed by atoms with van der Waals surface area (Å²) in [7, 11) is 0. The molecule has 0 aromatic carbocycles. The first-order valence-corrected chi connectivity index (χ1v) is 9.43. The number of rotatable bonds is 13. The lowest BCUT2D eigenvalue weighted by Gasteiger charge is -2.35. The van der Waals surface area contributed by atoms with E-state index in [-0.39, 0.29) is 18.9 Å². The van der Waals surface area contributed by atoms with E-state index in [1.807, 2.05) is 0 Å². The molecule has 1 rings (SSSR count). The van der Waals surface area contributed by atoms with Gasteiger partial charge < -0.3 is 29.9 Å². The average Bonchev–Trinajstić information content (AvgIpc) is 2.53. The largest absolute Gasteiger partial charge is 0.481 e. The van der Waals surface area contributed by atoms with Crippen LogP contribution in [0.2, 0.25) is 0 Å². The zero-order valence-electron chi connectivity index (χ0n) is 15.2. The number of hydrogen-bond donors (Lipinski definition) is 4. The molecule has 0 amide bonds. The van der Waals surface area contributed by atoms with Crippen LogP contribution in [-0.4, -0.2) is 63.7 Å². The van der Waals surface area contributed by atoms with E-state index >= 15 is 0 Å². The number of aliphatic hydroxyl groups excluding tert-OH is 3. The summed E-state index contributed by atoms with van der Waals surface area (Å²) in [6.07, 6.45) is 4.68. The fourth-order valence-electron chi connectivity index (χ4n) is 2.96. The predicted molar refractivity (Wildman–Crippen MR) is 92.1 cm³/mol. The third-order valence-electron chi connectivity index (χ3n) is 4.56. The molecule has 1 aliphatic rings. The Morgan fingerprint density at radius 2 is 1.68 bits per heavy atom. The first-order chi connectivity index (χ1) is 11.9. The van der Waals surface area contributed by atoms with Crippen LogP contribution in [0.1, 0.15) is 71.1 Å². The lowest BCUT2D eigenvalue weighted by Crippen LogP contribution is -2.47. The maximum atomic E-state index is 10.4. The highest BCUT2D eigenvalue weighted by atomic mass is 16.7. The number of carboxylic acids is 1. The molecule has 0 bridgehead atoms. The molecule has 0 aromatic rings. The second kappa shape index (κ2) is 12.6. The molecule has 148 valence electrons. The molecular weight excluding hydrogens is 328 g/mol. The highest BCUT2D eigenvalue weighted by molar-refractivity contribution is 5.67. The van der Waals surface area contributed by atoms with Gasteiger partial charge in [0.15, 0.2) is 6.29 Å². The van der Waals surface area contributed by atoms with Crippen molar-refractivity contribution >= 4 is 5.97 Å². The van der Waals surface area contributed by atoms with Gasteiger partial charge >= 0.3 is 5.97 Å². The fourth-order valence-corrected chi connectivity index (χ4v) is 2.96. The van der Waals surface area contributed by atoms with Crippen LogP contribution in [0, 0.1) is 0 Å². The van der Waals surface area contributed by atoms with Gasteiger partial charge in [0.25, 0.3) is 0 Å². The minimum absolute atomic E-state index is 0.169. The van der Waals surface area contributed by atoms with Gasteiger partial charge in [0.2, 0.25) is 0 Å². The Hall–Kier alpha value is -0.730.